The van der Waals surface area contributed by atoms with Crippen LogP contribution in [0.5, 0.6) is 0 Å². The maximum absolute atomic E-state index is 11.6. The van der Waals surface area contributed by atoms with E-state index in [1.54, 1.807) is 0 Å². The fraction of sp³-hybridized carbons (Fsp3) is 1.00. The van der Waals surface area contributed by atoms with Crippen molar-refractivity contribution < 1.29 is 13.2 Å². The lowest BCUT2D eigenvalue weighted by Crippen LogP contribution is -2.27. The van der Waals surface area contributed by atoms with Crippen LogP contribution in [0, 0.1) is 0 Å². The van der Waals surface area contributed by atoms with E-state index in [2.05, 4.69) is 5.32 Å². The molecule has 0 fully saturated rings. The predicted molar refractivity (Wildman–Crippen MR) is 41.8 cm³/mol. The Hall–Kier alpha value is -0.290. The lowest BCUT2D eigenvalue weighted by Gasteiger charge is -2.08. The number of nitrogens with two attached hydrogens (primary N) is 1. The summed E-state index contributed by atoms with van der Waals surface area (Å²) in [5.74, 6) is 0. The molecule has 74 valence electrons. The largest absolute Gasteiger partial charge is 0.390 e. The summed E-state index contributed by atoms with van der Waals surface area (Å²) in [6.07, 6.45) is -4.12. The summed E-state index contributed by atoms with van der Waals surface area (Å²) in [6, 6.07) is 0.0448. The van der Waals surface area contributed by atoms with Gasteiger partial charge in [-0.15, -0.1) is 0 Å². The first-order valence-electron chi connectivity index (χ1n) is 3.95. The van der Waals surface area contributed by atoms with Crippen molar-refractivity contribution in [3.63, 3.8) is 0 Å². The SMILES string of the molecule is CC(N)CCNCCC(F)(F)F. The second-order valence-electron chi connectivity index (χ2n) is 2.88. The van der Waals surface area contributed by atoms with Gasteiger partial charge in [-0.05, 0) is 19.9 Å². The van der Waals surface area contributed by atoms with Crippen molar-refractivity contribution in [3.8, 4) is 0 Å². The molecule has 0 aliphatic heterocycles. The zero-order chi connectivity index (χ0) is 9.61. The molecule has 5 heteroatoms. The van der Waals surface area contributed by atoms with Crippen LogP contribution in [-0.4, -0.2) is 25.3 Å². The molecule has 0 bridgehead atoms. The Kier molecular flexibility index (Phi) is 5.24. The molecule has 1 atom stereocenters. The van der Waals surface area contributed by atoms with E-state index < -0.39 is 12.6 Å². The first-order chi connectivity index (χ1) is 5.42. The van der Waals surface area contributed by atoms with Crippen molar-refractivity contribution in [2.45, 2.75) is 32.0 Å². The van der Waals surface area contributed by atoms with Crippen LogP contribution in [0.1, 0.15) is 19.8 Å². The van der Waals surface area contributed by atoms with Gasteiger partial charge in [-0.25, -0.2) is 0 Å². The standard InChI is InChI=1S/C7H15F3N2/c1-6(11)2-4-12-5-3-7(8,9)10/h6,12H,2-5,11H2,1H3. The topological polar surface area (TPSA) is 38.0 Å². The van der Waals surface area contributed by atoms with Gasteiger partial charge in [0.05, 0.1) is 6.42 Å². The fourth-order valence-electron chi connectivity index (χ4n) is 0.685. The van der Waals surface area contributed by atoms with Gasteiger partial charge in [0.2, 0.25) is 0 Å². The van der Waals surface area contributed by atoms with Gasteiger partial charge < -0.3 is 11.1 Å². The quantitative estimate of drug-likeness (QED) is 0.631. The van der Waals surface area contributed by atoms with Crippen molar-refractivity contribution in [1.29, 1.82) is 0 Å². The molecule has 0 rings (SSSR count). The highest BCUT2D eigenvalue weighted by atomic mass is 19.4. The predicted octanol–water partition coefficient (Wildman–Crippen LogP) is 1.27. The maximum atomic E-state index is 11.6. The molecule has 0 aliphatic rings. The molecule has 1 unspecified atom stereocenters. The Morgan fingerprint density at radius 1 is 1.33 bits per heavy atom. The van der Waals surface area contributed by atoms with Crippen LogP contribution in [0.4, 0.5) is 13.2 Å². The van der Waals surface area contributed by atoms with E-state index in [9.17, 15) is 13.2 Å². The number of nitrogens with one attached hydrogen (secondary N) is 1. The summed E-state index contributed by atoms with van der Waals surface area (Å²) in [5.41, 5.74) is 5.40. The monoisotopic (exact) mass is 184 g/mol. The summed E-state index contributed by atoms with van der Waals surface area (Å²) in [5, 5.41) is 2.67. The van der Waals surface area contributed by atoms with E-state index in [0.29, 0.717) is 13.0 Å². The number of halogens is 3. The lowest BCUT2D eigenvalue weighted by atomic mass is 10.2. The minimum atomic E-state index is -4.05. The van der Waals surface area contributed by atoms with Crippen molar-refractivity contribution in [2.24, 2.45) is 5.73 Å². The summed E-state index contributed by atoms with van der Waals surface area (Å²) in [4.78, 5) is 0. The summed E-state index contributed by atoms with van der Waals surface area (Å²) >= 11 is 0. The Morgan fingerprint density at radius 2 is 1.92 bits per heavy atom. The molecule has 0 heterocycles. The van der Waals surface area contributed by atoms with Gasteiger partial charge in [-0.3, -0.25) is 0 Å². The third kappa shape index (κ3) is 9.71. The van der Waals surface area contributed by atoms with Crippen LogP contribution >= 0.6 is 0 Å². The Bertz CT molecular complexity index is 112. The third-order valence-corrected chi connectivity index (χ3v) is 1.36. The van der Waals surface area contributed by atoms with Gasteiger partial charge >= 0.3 is 6.18 Å². The zero-order valence-corrected chi connectivity index (χ0v) is 7.12. The Morgan fingerprint density at radius 3 is 2.33 bits per heavy atom. The molecule has 12 heavy (non-hydrogen) atoms. The number of alkyl halides is 3. The minimum absolute atomic E-state index is 0.0176. The summed E-state index contributed by atoms with van der Waals surface area (Å²) in [6.45, 7) is 2.36. The van der Waals surface area contributed by atoms with E-state index in [1.807, 2.05) is 6.92 Å². The number of rotatable bonds is 5. The number of hydrogen-bond donors (Lipinski definition) is 2. The molecular weight excluding hydrogens is 169 g/mol. The highest BCUT2D eigenvalue weighted by molar-refractivity contribution is 4.58. The Labute approximate surface area is 70.3 Å². The van der Waals surface area contributed by atoms with Crippen LogP contribution in [0.2, 0.25) is 0 Å². The van der Waals surface area contributed by atoms with E-state index in [-0.39, 0.29) is 12.6 Å². The van der Waals surface area contributed by atoms with Gasteiger partial charge in [0, 0.05) is 12.6 Å². The molecule has 0 aliphatic carbocycles. The number of hydrogen-bond acceptors (Lipinski definition) is 2. The van der Waals surface area contributed by atoms with Crippen LogP contribution in [0.25, 0.3) is 0 Å². The molecule has 0 saturated heterocycles. The van der Waals surface area contributed by atoms with Crippen LogP contribution in [-0.2, 0) is 0 Å². The van der Waals surface area contributed by atoms with E-state index >= 15 is 0 Å². The van der Waals surface area contributed by atoms with Crippen molar-refractivity contribution in [3.05, 3.63) is 0 Å². The first kappa shape index (κ1) is 11.7. The average Bonchev–Trinajstić information content (AvgIpc) is 1.83. The highest BCUT2D eigenvalue weighted by Gasteiger charge is 2.25. The van der Waals surface area contributed by atoms with Crippen LogP contribution in [0.3, 0.4) is 0 Å². The molecule has 0 saturated carbocycles. The van der Waals surface area contributed by atoms with Crippen molar-refractivity contribution >= 4 is 0 Å². The second kappa shape index (κ2) is 5.37. The average molecular weight is 184 g/mol. The van der Waals surface area contributed by atoms with Crippen molar-refractivity contribution in [2.75, 3.05) is 13.1 Å². The zero-order valence-electron chi connectivity index (χ0n) is 7.12. The molecule has 0 radical (unpaired) electrons. The van der Waals surface area contributed by atoms with Gasteiger partial charge in [0.15, 0.2) is 0 Å². The van der Waals surface area contributed by atoms with Gasteiger partial charge in [0.25, 0.3) is 0 Å². The minimum Gasteiger partial charge on any atom is -0.328 e. The molecule has 0 spiro atoms. The molecule has 3 N–H and O–H groups in total. The van der Waals surface area contributed by atoms with Gasteiger partial charge in [-0.1, -0.05) is 0 Å². The molecule has 0 aromatic carbocycles. The fourth-order valence-corrected chi connectivity index (χ4v) is 0.685. The molecule has 0 aromatic rings. The molecule has 0 aromatic heterocycles. The van der Waals surface area contributed by atoms with E-state index in [1.165, 1.54) is 0 Å². The molecular formula is C7H15F3N2. The van der Waals surface area contributed by atoms with Gasteiger partial charge in [0.1, 0.15) is 0 Å². The normalized spacial score (nSPS) is 14.8. The smallest absolute Gasteiger partial charge is 0.328 e. The van der Waals surface area contributed by atoms with Crippen molar-refractivity contribution in [1.82, 2.24) is 5.32 Å². The van der Waals surface area contributed by atoms with E-state index in [0.717, 1.165) is 0 Å². The lowest BCUT2D eigenvalue weighted by molar-refractivity contribution is -0.133. The first-order valence-corrected chi connectivity index (χ1v) is 3.95. The third-order valence-electron chi connectivity index (χ3n) is 1.36. The van der Waals surface area contributed by atoms with E-state index in [4.69, 9.17) is 5.73 Å². The van der Waals surface area contributed by atoms with Crippen LogP contribution in [0.15, 0.2) is 0 Å². The molecule has 0 amide bonds. The highest BCUT2D eigenvalue weighted by Crippen LogP contribution is 2.17. The molecule has 2 nitrogen and oxygen atoms in total. The second-order valence-corrected chi connectivity index (χ2v) is 2.88. The Balaban J connectivity index is 3.12. The summed E-state index contributed by atoms with van der Waals surface area (Å²) < 4.78 is 34.7. The summed E-state index contributed by atoms with van der Waals surface area (Å²) in [7, 11) is 0. The maximum Gasteiger partial charge on any atom is 0.390 e. The van der Waals surface area contributed by atoms with Crippen LogP contribution < -0.4 is 11.1 Å². The van der Waals surface area contributed by atoms with Gasteiger partial charge in [-0.2, -0.15) is 13.2 Å².